The number of carbonyl (C=O) groups excluding carboxylic acids is 1. The number of aryl methyl sites for hydroxylation is 1. The van der Waals surface area contributed by atoms with E-state index in [0.717, 1.165) is 30.6 Å². The molecule has 0 radical (unpaired) electrons. The quantitative estimate of drug-likeness (QED) is 0.814. The summed E-state index contributed by atoms with van der Waals surface area (Å²) in [6, 6.07) is 5.42. The van der Waals surface area contributed by atoms with Crippen molar-refractivity contribution in [2.24, 2.45) is 11.3 Å². The molecule has 0 bridgehead atoms. The molecule has 3 atom stereocenters. The highest BCUT2D eigenvalue weighted by Crippen LogP contribution is 2.53. The molecule has 2 fully saturated rings. The van der Waals surface area contributed by atoms with E-state index < -0.39 is 0 Å². The van der Waals surface area contributed by atoms with E-state index in [-0.39, 0.29) is 23.6 Å². The van der Waals surface area contributed by atoms with Crippen molar-refractivity contribution in [3.63, 3.8) is 0 Å². The molecule has 1 aliphatic carbocycles. The Bertz CT molecular complexity index is 768. The summed E-state index contributed by atoms with van der Waals surface area (Å²) < 4.78 is 13.4. The van der Waals surface area contributed by atoms with Gasteiger partial charge in [0, 0.05) is 24.5 Å². The van der Waals surface area contributed by atoms with Crippen molar-refractivity contribution < 1.29 is 14.3 Å². The second-order valence-corrected chi connectivity index (χ2v) is 7.00. The van der Waals surface area contributed by atoms with Crippen LogP contribution in [0.2, 0.25) is 0 Å². The maximum Gasteiger partial charge on any atom is 0.338 e. The molecule has 2 aliphatic rings. The summed E-state index contributed by atoms with van der Waals surface area (Å²) in [7, 11) is 0. The first-order valence-electron chi connectivity index (χ1n) is 8.18. The number of ether oxygens (including phenoxy) is 2. The summed E-state index contributed by atoms with van der Waals surface area (Å²) in [6.45, 7) is 7.73. The normalized spacial score (nSPS) is 28.4. The summed E-state index contributed by atoms with van der Waals surface area (Å²) >= 11 is 0. The average molecular weight is 315 g/mol. The van der Waals surface area contributed by atoms with Gasteiger partial charge in [-0.3, -0.25) is 0 Å². The zero-order chi connectivity index (χ0) is 16.2. The topological polar surface area (TPSA) is 66.2 Å². The molecule has 2 heterocycles. The molecule has 1 saturated heterocycles. The minimum atomic E-state index is -0.290. The van der Waals surface area contributed by atoms with Crippen LogP contribution < -0.4 is 0 Å². The van der Waals surface area contributed by atoms with Crippen LogP contribution in [0.1, 0.15) is 37.6 Å². The molecular weight excluding hydrogens is 294 g/mol. The van der Waals surface area contributed by atoms with Gasteiger partial charge in [0.15, 0.2) is 0 Å². The summed E-state index contributed by atoms with van der Waals surface area (Å²) in [5, 5.41) is 8.18. The Morgan fingerprint density at radius 1 is 1.48 bits per heavy atom. The van der Waals surface area contributed by atoms with Gasteiger partial charge in [0.1, 0.15) is 11.6 Å². The highest BCUT2D eigenvalue weighted by Gasteiger charge is 2.61. The SMILES string of the molecule is CCn1nnc2cc(C(=O)O[C@H]3[C@@H]4CCO[C@@H]4C3(C)C)ccc21. The number of fused-ring (bicyclic) bond motifs is 2. The molecule has 122 valence electrons. The van der Waals surface area contributed by atoms with Crippen LogP contribution in [-0.4, -0.2) is 39.8 Å². The van der Waals surface area contributed by atoms with Gasteiger partial charge in [-0.25, -0.2) is 9.48 Å². The van der Waals surface area contributed by atoms with Gasteiger partial charge in [0.25, 0.3) is 0 Å². The maximum absolute atomic E-state index is 12.5. The number of aromatic nitrogens is 3. The number of nitrogens with zero attached hydrogens (tertiary/aromatic N) is 3. The third kappa shape index (κ3) is 2.08. The van der Waals surface area contributed by atoms with Gasteiger partial charge in [-0.2, -0.15) is 0 Å². The molecule has 0 amide bonds. The van der Waals surface area contributed by atoms with Gasteiger partial charge in [-0.15, -0.1) is 5.10 Å². The molecule has 1 aromatic heterocycles. The highest BCUT2D eigenvalue weighted by atomic mass is 16.6. The van der Waals surface area contributed by atoms with E-state index in [2.05, 4.69) is 24.2 Å². The van der Waals surface area contributed by atoms with Crippen molar-refractivity contribution >= 4 is 17.0 Å². The largest absolute Gasteiger partial charge is 0.458 e. The molecule has 23 heavy (non-hydrogen) atoms. The van der Waals surface area contributed by atoms with Crippen LogP contribution in [0.4, 0.5) is 0 Å². The molecule has 6 heteroatoms. The van der Waals surface area contributed by atoms with Crippen LogP contribution in [0.15, 0.2) is 18.2 Å². The van der Waals surface area contributed by atoms with E-state index in [4.69, 9.17) is 9.47 Å². The van der Waals surface area contributed by atoms with Crippen LogP contribution in [0, 0.1) is 11.3 Å². The second-order valence-electron chi connectivity index (χ2n) is 7.00. The lowest BCUT2D eigenvalue weighted by molar-refractivity contribution is -0.183. The predicted molar refractivity (Wildman–Crippen MR) is 84.0 cm³/mol. The van der Waals surface area contributed by atoms with E-state index >= 15 is 0 Å². The molecule has 1 aliphatic heterocycles. The monoisotopic (exact) mass is 315 g/mol. The van der Waals surface area contributed by atoms with Crippen LogP contribution >= 0.6 is 0 Å². The first-order chi connectivity index (χ1) is 11.0. The third-order valence-electron chi connectivity index (χ3n) is 5.28. The first-order valence-corrected chi connectivity index (χ1v) is 8.18. The maximum atomic E-state index is 12.5. The Hall–Kier alpha value is -1.95. The molecule has 4 rings (SSSR count). The van der Waals surface area contributed by atoms with E-state index in [9.17, 15) is 4.79 Å². The molecule has 0 N–H and O–H groups in total. The van der Waals surface area contributed by atoms with Crippen molar-refractivity contribution in [2.45, 2.75) is 45.9 Å². The van der Waals surface area contributed by atoms with Gasteiger partial charge in [-0.05, 0) is 31.5 Å². The van der Waals surface area contributed by atoms with Crippen LogP contribution in [-0.2, 0) is 16.0 Å². The Morgan fingerprint density at radius 3 is 3.09 bits per heavy atom. The summed E-state index contributed by atoms with van der Waals surface area (Å²) in [5.41, 5.74) is 2.05. The molecule has 0 unspecified atom stereocenters. The summed E-state index contributed by atoms with van der Waals surface area (Å²) in [6.07, 6.45) is 1.10. The van der Waals surface area contributed by atoms with Gasteiger partial charge >= 0.3 is 5.97 Å². The fraction of sp³-hybridized carbons (Fsp3) is 0.588. The standard InChI is InChI=1S/C17H21N3O3/c1-4-20-13-6-5-10(9-12(13)18-19-20)16(21)23-15-11-7-8-22-14(11)17(15,2)3/h5-6,9,11,14-15H,4,7-8H2,1-3H3/t11-,14+,15+/m1/s1. The smallest absolute Gasteiger partial charge is 0.338 e. The molecular formula is C17H21N3O3. The summed E-state index contributed by atoms with van der Waals surface area (Å²) in [4.78, 5) is 12.5. The van der Waals surface area contributed by atoms with Crippen molar-refractivity contribution in [3.05, 3.63) is 23.8 Å². The Morgan fingerprint density at radius 2 is 2.30 bits per heavy atom. The van der Waals surface area contributed by atoms with E-state index in [1.165, 1.54) is 0 Å². The molecule has 1 saturated carbocycles. The highest BCUT2D eigenvalue weighted by molar-refractivity contribution is 5.93. The minimum Gasteiger partial charge on any atom is -0.458 e. The molecule has 2 aromatic rings. The van der Waals surface area contributed by atoms with Crippen molar-refractivity contribution in [3.8, 4) is 0 Å². The van der Waals surface area contributed by atoms with E-state index in [0.29, 0.717) is 11.5 Å². The fourth-order valence-corrected chi connectivity index (χ4v) is 4.03. The first kappa shape index (κ1) is 14.6. The van der Waals surface area contributed by atoms with Crippen LogP contribution in [0.3, 0.4) is 0 Å². The fourth-order valence-electron chi connectivity index (χ4n) is 4.03. The van der Waals surface area contributed by atoms with Gasteiger partial charge < -0.3 is 9.47 Å². The van der Waals surface area contributed by atoms with E-state index in [1.54, 1.807) is 16.8 Å². The van der Waals surface area contributed by atoms with Crippen molar-refractivity contribution in [1.82, 2.24) is 15.0 Å². The predicted octanol–water partition coefficient (Wildman–Crippen LogP) is 2.42. The minimum absolute atomic E-state index is 0.0791. The van der Waals surface area contributed by atoms with Crippen molar-refractivity contribution in [2.75, 3.05) is 6.61 Å². The lowest BCUT2D eigenvalue weighted by Crippen LogP contribution is -2.61. The number of hydrogen-bond acceptors (Lipinski definition) is 5. The Labute approximate surface area is 134 Å². The average Bonchev–Trinajstić information content (AvgIpc) is 3.16. The number of rotatable bonds is 3. The number of carbonyl (C=O) groups is 1. The van der Waals surface area contributed by atoms with Gasteiger partial charge in [-0.1, -0.05) is 19.1 Å². The Kier molecular flexibility index (Phi) is 3.20. The lowest BCUT2D eigenvalue weighted by atomic mass is 9.59. The number of esters is 1. The molecule has 0 spiro atoms. The van der Waals surface area contributed by atoms with Gasteiger partial charge in [0.05, 0.1) is 17.2 Å². The summed E-state index contributed by atoms with van der Waals surface area (Å²) in [5.74, 6) is 0.0417. The zero-order valence-electron chi connectivity index (χ0n) is 13.7. The van der Waals surface area contributed by atoms with Gasteiger partial charge in [0.2, 0.25) is 0 Å². The van der Waals surface area contributed by atoms with Crippen LogP contribution in [0.25, 0.3) is 11.0 Å². The van der Waals surface area contributed by atoms with Crippen molar-refractivity contribution in [1.29, 1.82) is 0 Å². The van der Waals surface area contributed by atoms with E-state index in [1.807, 2.05) is 13.0 Å². The zero-order valence-corrected chi connectivity index (χ0v) is 13.7. The second kappa shape index (κ2) is 5.03. The molecule has 6 nitrogen and oxygen atoms in total. The third-order valence-corrected chi connectivity index (χ3v) is 5.28. The number of benzene rings is 1. The lowest BCUT2D eigenvalue weighted by Gasteiger charge is -2.53. The molecule has 1 aromatic carbocycles. The Balaban J connectivity index is 1.55. The number of hydrogen-bond donors (Lipinski definition) is 0. The van der Waals surface area contributed by atoms with Crippen LogP contribution in [0.5, 0.6) is 0 Å².